The Morgan fingerprint density at radius 1 is 0.962 bits per heavy atom. The molecule has 2 aliphatic heterocycles. The van der Waals surface area contributed by atoms with Crippen molar-refractivity contribution in [3.63, 3.8) is 0 Å². The molecule has 3 heterocycles. The number of phenolic OH excluding ortho intramolecular Hbond substituents is 1. The number of halogens is 1. The third kappa shape index (κ3) is 7.17. The second-order valence-electron chi connectivity index (χ2n) is 12.9. The number of fused-ring (bicyclic) bond motifs is 6. The van der Waals surface area contributed by atoms with Gasteiger partial charge in [0.1, 0.15) is 17.4 Å². The highest BCUT2D eigenvalue weighted by Crippen LogP contribution is 2.46. The van der Waals surface area contributed by atoms with E-state index >= 15 is 0 Å². The quantitative estimate of drug-likeness (QED) is 0.101. The maximum Gasteiger partial charge on any atom is 0.411 e. The Kier molecular flexibility index (Phi) is 10.6. The molecule has 52 heavy (non-hydrogen) atoms. The fraction of sp³-hybridized carbons (Fsp3) is 0.250. The van der Waals surface area contributed by atoms with Gasteiger partial charge in [-0.1, -0.05) is 72.0 Å². The smallest absolute Gasteiger partial charge is 0.411 e. The minimum atomic E-state index is -0.588. The van der Waals surface area contributed by atoms with Crippen molar-refractivity contribution >= 4 is 95.3 Å². The fourth-order valence-electron chi connectivity index (χ4n) is 6.97. The number of aromatic hydroxyl groups is 1. The van der Waals surface area contributed by atoms with Crippen molar-refractivity contribution in [3.8, 4) is 5.75 Å². The molecule has 2 N–H and O–H groups in total. The topological polar surface area (TPSA) is 112 Å². The van der Waals surface area contributed by atoms with E-state index in [1.54, 1.807) is 38.9 Å². The van der Waals surface area contributed by atoms with Crippen molar-refractivity contribution in [1.82, 2.24) is 4.98 Å². The number of ether oxygens (including phenoxy) is 1. The van der Waals surface area contributed by atoms with Crippen LogP contribution in [0.1, 0.15) is 43.2 Å². The molecule has 3 amide bonds. The molecule has 4 aromatic carbocycles. The van der Waals surface area contributed by atoms with E-state index in [9.17, 15) is 19.5 Å². The van der Waals surface area contributed by atoms with Crippen LogP contribution in [-0.4, -0.2) is 58.8 Å². The van der Waals surface area contributed by atoms with Crippen LogP contribution in [0.5, 0.6) is 5.75 Å². The first-order chi connectivity index (χ1) is 25.2. The Labute approximate surface area is 314 Å². The van der Waals surface area contributed by atoms with E-state index in [1.165, 1.54) is 10.8 Å². The number of hydrogen-bond acceptors (Lipinski definition) is 8. The van der Waals surface area contributed by atoms with Crippen molar-refractivity contribution in [2.24, 2.45) is 0 Å². The number of anilines is 3. The van der Waals surface area contributed by atoms with Gasteiger partial charge in [0.05, 0.1) is 23.6 Å². The highest BCUT2D eigenvalue weighted by Gasteiger charge is 2.35. The molecule has 2 atom stereocenters. The maximum absolute atomic E-state index is 13.7. The van der Waals surface area contributed by atoms with Crippen LogP contribution in [0.2, 0.25) is 0 Å². The minimum Gasteiger partial charge on any atom is -0.507 e. The Balaban J connectivity index is 1.01. The number of nitrogens with zero attached hydrogens (tertiary/aromatic N) is 3. The summed E-state index contributed by atoms with van der Waals surface area (Å²) in [5, 5.41) is 17.9. The van der Waals surface area contributed by atoms with Crippen LogP contribution in [0.3, 0.4) is 0 Å². The molecule has 7 rings (SSSR count). The summed E-state index contributed by atoms with van der Waals surface area (Å²) < 4.78 is 5.58. The molecule has 12 heteroatoms. The van der Waals surface area contributed by atoms with E-state index < -0.39 is 6.09 Å². The standard InChI is InChI=1S/C40H37ClN4O5S2/c1-24-21-44(36(47)15-9-16-37(48)45-22-26(20-41)39-30-13-6-4-11-28(30)34(46)19-33(39)45)32-18-31(27-10-3-5-12-29(27)38(24)32)43-40(49)50-23-25(2)51-52-35-14-7-8-17-42-35/h3-8,10-14,17-19,25-26,46H,1,9,15-16,20-23H2,2H3,(H,43,49)/t25?,26-/m1/s1. The van der Waals surface area contributed by atoms with E-state index in [1.807, 2.05) is 73.7 Å². The molecule has 0 spiro atoms. The van der Waals surface area contributed by atoms with Crippen molar-refractivity contribution < 1.29 is 24.2 Å². The molecule has 9 nitrogen and oxygen atoms in total. The number of alkyl halides is 1. The van der Waals surface area contributed by atoms with Gasteiger partial charge >= 0.3 is 6.09 Å². The summed E-state index contributed by atoms with van der Waals surface area (Å²) in [6, 6.07) is 24.5. The number of pyridine rings is 1. The molecule has 2 aliphatic rings. The van der Waals surface area contributed by atoms with Gasteiger partial charge in [0.2, 0.25) is 11.8 Å². The van der Waals surface area contributed by atoms with Gasteiger partial charge < -0.3 is 19.6 Å². The van der Waals surface area contributed by atoms with Crippen LogP contribution >= 0.6 is 33.2 Å². The Morgan fingerprint density at radius 2 is 1.65 bits per heavy atom. The van der Waals surface area contributed by atoms with E-state index in [0.717, 1.165) is 43.3 Å². The van der Waals surface area contributed by atoms with Crippen molar-refractivity contribution in [1.29, 1.82) is 0 Å². The number of aromatic nitrogens is 1. The van der Waals surface area contributed by atoms with Gasteiger partial charge in [0.25, 0.3) is 0 Å². The lowest BCUT2D eigenvalue weighted by molar-refractivity contribution is -0.119. The lowest BCUT2D eigenvalue weighted by Crippen LogP contribution is -2.31. The van der Waals surface area contributed by atoms with Crippen LogP contribution in [0.25, 0.3) is 27.1 Å². The largest absolute Gasteiger partial charge is 0.507 e. The minimum absolute atomic E-state index is 0.0202. The van der Waals surface area contributed by atoms with Crippen molar-refractivity contribution in [2.45, 2.75) is 42.4 Å². The molecule has 1 aromatic heterocycles. The molecule has 5 aromatic rings. The molecule has 0 fully saturated rings. The predicted molar refractivity (Wildman–Crippen MR) is 213 cm³/mol. The zero-order valence-electron chi connectivity index (χ0n) is 28.5. The number of benzene rings is 4. The van der Waals surface area contributed by atoms with E-state index in [0.29, 0.717) is 42.5 Å². The van der Waals surface area contributed by atoms with Crippen LogP contribution in [-0.2, 0) is 14.3 Å². The van der Waals surface area contributed by atoms with E-state index in [2.05, 4.69) is 16.9 Å². The third-order valence-corrected chi connectivity index (χ3v) is 12.5. The highest BCUT2D eigenvalue weighted by molar-refractivity contribution is 8.76. The summed E-state index contributed by atoms with van der Waals surface area (Å²) in [6.45, 7) is 7.19. The Morgan fingerprint density at radius 3 is 2.38 bits per heavy atom. The summed E-state index contributed by atoms with van der Waals surface area (Å²) in [5.41, 5.74) is 4.49. The van der Waals surface area contributed by atoms with Gasteiger partial charge in [-0.2, -0.15) is 0 Å². The fourth-order valence-corrected chi connectivity index (χ4v) is 9.10. The Hall–Kier alpha value is -4.71. The number of carbonyl (C=O) groups is 3. The number of nitrogens with one attached hydrogen (secondary N) is 1. The van der Waals surface area contributed by atoms with Gasteiger partial charge in [0.15, 0.2) is 0 Å². The first-order valence-corrected chi connectivity index (χ1v) is 19.8. The molecule has 1 unspecified atom stereocenters. The van der Waals surface area contributed by atoms with Gasteiger partial charge in [-0.3, -0.25) is 14.9 Å². The lowest BCUT2D eigenvalue weighted by Gasteiger charge is -2.20. The molecular formula is C40H37ClN4O5S2. The summed E-state index contributed by atoms with van der Waals surface area (Å²) in [5.74, 6) is 0.131. The molecule has 0 radical (unpaired) electrons. The molecule has 0 saturated carbocycles. The third-order valence-electron chi connectivity index (χ3n) is 9.35. The zero-order valence-corrected chi connectivity index (χ0v) is 30.9. The number of amides is 3. The molecular weight excluding hydrogens is 716 g/mol. The monoisotopic (exact) mass is 752 g/mol. The summed E-state index contributed by atoms with van der Waals surface area (Å²) in [4.78, 5) is 48.0. The molecule has 0 bridgehead atoms. The predicted octanol–water partition coefficient (Wildman–Crippen LogP) is 9.37. The zero-order chi connectivity index (χ0) is 36.4. The number of carbonyl (C=O) groups excluding carboxylic acids is 3. The second-order valence-corrected chi connectivity index (χ2v) is 15.9. The Bertz CT molecular complexity index is 2200. The van der Waals surface area contributed by atoms with Gasteiger partial charge in [0, 0.05) is 65.0 Å². The average Bonchev–Trinajstić information content (AvgIpc) is 3.71. The van der Waals surface area contributed by atoms with Crippen LogP contribution in [0, 0.1) is 0 Å². The van der Waals surface area contributed by atoms with Gasteiger partial charge in [-0.05, 0) is 64.2 Å². The SMILES string of the molecule is C=C1CN(C(=O)CCCC(=O)N2C[C@@H](CCl)c3c2cc(O)c2ccccc32)c2cc(NC(=O)OCC(C)SSc3ccccn3)c3ccccc3c21. The number of rotatable bonds is 11. The average molecular weight is 753 g/mol. The lowest BCUT2D eigenvalue weighted by atomic mass is 9.95. The van der Waals surface area contributed by atoms with Crippen molar-refractivity contribution in [3.05, 3.63) is 103 Å². The second kappa shape index (κ2) is 15.5. The van der Waals surface area contributed by atoms with Gasteiger partial charge in [-0.15, -0.1) is 11.6 Å². The normalized spacial score (nSPS) is 15.5. The number of phenols is 1. The van der Waals surface area contributed by atoms with Gasteiger partial charge in [-0.25, -0.2) is 9.78 Å². The first kappa shape index (κ1) is 35.7. The van der Waals surface area contributed by atoms with E-state index in [4.69, 9.17) is 16.3 Å². The van der Waals surface area contributed by atoms with Crippen molar-refractivity contribution in [2.75, 3.05) is 40.7 Å². The summed E-state index contributed by atoms with van der Waals surface area (Å²) >= 11 is 6.36. The summed E-state index contributed by atoms with van der Waals surface area (Å²) in [7, 11) is 3.10. The molecule has 266 valence electrons. The summed E-state index contributed by atoms with van der Waals surface area (Å²) in [6.07, 6.45) is 1.79. The molecule has 0 aliphatic carbocycles. The maximum atomic E-state index is 13.7. The molecule has 0 saturated heterocycles. The van der Waals surface area contributed by atoms with Crippen LogP contribution in [0.15, 0.2) is 96.7 Å². The highest BCUT2D eigenvalue weighted by atomic mass is 35.5. The first-order valence-electron chi connectivity index (χ1n) is 17.1. The van der Waals surface area contributed by atoms with E-state index in [-0.39, 0.29) is 48.2 Å². The van der Waals surface area contributed by atoms with Crippen LogP contribution < -0.4 is 15.1 Å². The number of hydrogen-bond donors (Lipinski definition) is 2. The van der Waals surface area contributed by atoms with Crippen LogP contribution in [0.4, 0.5) is 21.9 Å².